The van der Waals surface area contributed by atoms with Gasteiger partial charge in [0.05, 0.1) is 0 Å². The number of rotatable bonds is 2. The molecule has 1 aromatic rings. The fraction of sp³-hybridized carbons (Fsp3) is 0.700. The lowest BCUT2D eigenvalue weighted by Gasteiger charge is -2.12. The van der Waals surface area contributed by atoms with Crippen LogP contribution in [-0.2, 0) is 0 Å². The van der Waals surface area contributed by atoms with Crippen molar-refractivity contribution in [2.24, 2.45) is 5.92 Å². The van der Waals surface area contributed by atoms with Gasteiger partial charge >= 0.3 is 0 Å². The number of nitrogen functional groups attached to an aromatic ring is 1. The number of anilines is 2. The van der Waals surface area contributed by atoms with Crippen molar-refractivity contribution in [2.75, 3.05) is 11.1 Å². The minimum atomic E-state index is 0.628. The average Bonchev–Trinajstić information content (AvgIpc) is 2.67. The smallest absolute Gasteiger partial charge is 0.142 e. The van der Waals surface area contributed by atoms with Crippen LogP contribution < -0.4 is 11.1 Å². The molecule has 0 spiro atoms. The van der Waals surface area contributed by atoms with E-state index in [0.717, 1.165) is 16.5 Å². The minimum Gasteiger partial charge on any atom is -0.383 e. The van der Waals surface area contributed by atoms with Crippen LogP contribution in [0.5, 0.6) is 0 Å². The van der Waals surface area contributed by atoms with Gasteiger partial charge in [-0.3, -0.25) is 0 Å². The highest BCUT2D eigenvalue weighted by molar-refractivity contribution is 7.10. The van der Waals surface area contributed by atoms with Crippen molar-refractivity contribution in [3.05, 3.63) is 5.56 Å². The first kappa shape index (κ1) is 9.77. The van der Waals surface area contributed by atoms with Crippen LogP contribution >= 0.6 is 11.5 Å². The normalized spacial score (nSPS) is 26.7. The third-order valence-corrected chi connectivity index (χ3v) is 3.88. The Hall–Kier alpha value is -0.770. The van der Waals surface area contributed by atoms with Gasteiger partial charge in [0, 0.05) is 11.6 Å². The standard InChI is InChI=1S/C10H17N3S/c1-6-3-4-8(5-6)12-10-7(2)9(11)13-14-10/h6,8,12H,3-5H2,1-2H3,(H2,11,13). The summed E-state index contributed by atoms with van der Waals surface area (Å²) in [7, 11) is 0. The Morgan fingerprint density at radius 3 is 2.79 bits per heavy atom. The summed E-state index contributed by atoms with van der Waals surface area (Å²) >= 11 is 1.48. The van der Waals surface area contributed by atoms with Gasteiger partial charge in [-0.2, -0.15) is 4.37 Å². The monoisotopic (exact) mass is 211 g/mol. The second kappa shape index (κ2) is 3.77. The zero-order valence-corrected chi connectivity index (χ0v) is 9.53. The number of nitrogens with two attached hydrogens (primary N) is 1. The van der Waals surface area contributed by atoms with Crippen LogP contribution in [0.15, 0.2) is 0 Å². The molecule has 2 unspecified atom stereocenters. The van der Waals surface area contributed by atoms with E-state index in [-0.39, 0.29) is 0 Å². The third-order valence-electron chi connectivity index (χ3n) is 2.99. The topological polar surface area (TPSA) is 50.9 Å². The summed E-state index contributed by atoms with van der Waals surface area (Å²) in [5.74, 6) is 1.53. The summed E-state index contributed by atoms with van der Waals surface area (Å²) < 4.78 is 4.13. The quantitative estimate of drug-likeness (QED) is 0.790. The van der Waals surface area contributed by atoms with E-state index in [2.05, 4.69) is 16.6 Å². The summed E-state index contributed by atoms with van der Waals surface area (Å²) in [6, 6.07) is 0.628. The number of nitrogens with one attached hydrogen (secondary N) is 1. The Kier molecular flexibility index (Phi) is 2.63. The molecule has 0 radical (unpaired) electrons. The zero-order valence-electron chi connectivity index (χ0n) is 8.71. The van der Waals surface area contributed by atoms with Crippen LogP contribution in [0, 0.1) is 12.8 Å². The molecule has 0 bridgehead atoms. The summed E-state index contributed by atoms with van der Waals surface area (Å²) in [4.78, 5) is 0. The van der Waals surface area contributed by atoms with Crippen molar-refractivity contribution in [1.29, 1.82) is 0 Å². The molecule has 1 aliphatic carbocycles. The van der Waals surface area contributed by atoms with Gasteiger partial charge in [-0.25, -0.2) is 0 Å². The van der Waals surface area contributed by atoms with Gasteiger partial charge in [0.1, 0.15) is 10.8 Å². The number of hydrogen-bond acceptors (Lipinski definition) is 4. The SMILES string of the molecule is Cc1c(N)nsc1NC1CCC(C)C1. The lowest BCUT2D eigenvalue weighted by molar-refractivity contribution is 0.603. The highest BCUT2D eigenvalue weighted by Gasteiger charge is 2.22. The maximum Gasteiger partial charge on any atom is 0.142 e. The Morgan fingerprint density at radius 1 is 1.50 bits per heavy atom. The zero-order chi connectivity index (χ0) is 10.1. The Labute approximate surface area is 88.9 Å². The Morgan fingerprint density at radius 2 is 2.29 bits per heavy atom. The molecule has 2 atom stereocenters. The van der Waals surface area contributed by atoms with Gasteiger partial charge in [0.2, 0.25) is 0 Å². The largest absolute Gasteiger partial charge is 0.383 e. The molecular formula is C10H17N3S. The second-order valence-corrected chi connectivity index (χ2v) is 5.05. The third kappa shape index (κ3) is 1.85. The first-order chi connectivity index (χ1) is 6.66. The highest BCUT2D eigenvalue weighted by Crippen LogP contribution is 2.31. The molecule has 1 saturated carbocycles. The molecule has 0 amide bonds. The Balaban J connectivity index is 2.01. The van der Waals surface area contributed by atoms with E-state index >= 15 is 0 Å². The van der Waals surface area contributed by atoms with Gasteiger partial charge < -0.3 is 11.1 Å². The Bertz CT molecular complexity index is 321. The summed E-state index contributed by atoms with van der Waals surface area (Å²) in [6.07, 6.45) is 3.89. The first-order valence-corrected chi connectivity index (χ1v) is 5.92. The molecule has 4 heteroatoms. The van der Waals surface area contributed by atoms with Crippen LogP contribution in [0.25, 0.3) is 0 Å². The van der Waals surface area contributed by atoms with Crippen LogP contribution in [0.1, 0.15) is 31.7 Å². The van der Waals surface area contributed by atoms with Crippen molar-refractivity contribution in [1.82, 2.24) is 4.37 Å². The van der Waals surface area contributed by atoms with Crippen LogP contribution in [0.2, 0.25) is 0 Å². The number of nitrogens with zero attached hydrogens (tertiary/aromatic N) is 1. The summed E-state index contributed by atoms with van der Waals surface area (Å²) in [5, 5.41) is 4.69. The van der Waals surface area contributed by atoms with E-state index in [1.165, 1.54) is 30.8 Å². The number of aromatic nitrogens is 1. The van der Waals surface area contributed by atoms with Gasteiger partial charge in [-0.1, -0.05) is 6.92 Å². The molecule has 0 aliphatic heterocycles. The fourth-order valence-corrected chi connectivity index (χ4v) is 2.79. The van der Waals surface area contributed by atoms with E-state index in [4.69, 9.17) is 5.73 Å². The van der Waals surface area contributed by atoms with Gasteiger partial charge in [0.25, 0.3) is 0 Å². The molecule has 0 aromatic carbocycles. The lowest BCUT2D eigenvalue weighted by Crippen LogP contribution is -2.14. The van der Waals surface area contributed by atoms with E-state index < -0.39 is 0 Å². The van der Waals surface area contributed by atoms with Crippen molar-refractivity contribution in [3.8, 4) is 0 Å². The molecule has 1 fully saturated rings. The average molecular weight is 211 g/mol. The van der Waals surface area contributed by atoms with Crippen molar-refractivity contribution in [2.45, 2.75) is 39.2 Å². The van der Waals surface area contributed by atoms with Crippen LogP contribution in [-0.4, -0.2) is 10.4 Å². The molecule has 14 heavy (non-hydrogen) atoms. The summed E-state index contributed by atoms with van der Waals surface area (Å²) in [5.41, 5.74) is 6.81. The predicted octanol–water partition coefficient (Wildman–Crippen LogP) is 2.63. The molecule has 3 nitrogen and oxygen atoms in total. The minimum absolute atomic E-state index is 0.628. The molecule has 78 valence electrons. The van der Waals surface area contributed by atoms with Crippen molar-refractivity contribution < 1.29 is 0 Å². The number of hydrogen-bond donors (Lipinski definition) is 2. The summed E-state index contributed by atoms with van der Waals surface area (Å²) in [6.45, 7) is 4.34. The van der Waals surface area contributed by atoms with E-state index in [9.17, 15) is 0 Å². The maximum absolute atomic E-state index is 5.70. The van der Waals surface area contributed by atoms with Crippen molar-refractivity contribution in [3.63, 3.8) is 0 Å². The van der Waals surface area contributed by atoms with Crippen molar-refractivity contribution >= 4 is 22.4 Å². The molecule has 3 N–H and O–H groups in total. The van der Waals surface area contributed by atoms with Crippen LogP contribution in [0.3, 0.4) is 0 Å². The highest BCUT2D eigenvalue weighted by atomic mass is 32.1. The molecule has 1 heterocycles. The van der Waals surface area contributed by atoms with Gasteiger partial charge in [0.15, 0.2) is 0 Å². The molecule has 1 aliphatic rings. The molecule has 0 saturated heterocycles. The fourth-order valence-electron chi connectivity index (χ4n) is 2.01. The van der Waals surface area contributed by atoms with Gasteiger partial charge in [-0.15, -0.1) is 0 Å². The molecular weight excluding hydrogens is 194 g/mol. The van der Waals surface area contributed by atoms with E-state index in [0.29, 0.717) is 11.9 Å². The van der Waals surface area contributed by atoms with E-state index in [1.807, 2.05) is 6.92 Å². The molecule has 2 rings (SSSR count). The van der Waals surface area contributed by atoms with Gasteiger partial charge in [-0.05, 0) is 43.6 Å². The van der Waals surface area contributed by atoms with E-state index in [1.54, 1.807) is 0 Å². The first-order valence-electron chi connectivity index (χ1n) is 5.15. The van der Waals surface area contributed by atoms with Crippen LogP contribution in [0.4, 0.5) is 10.8 Å². The lowest BCUT2D eigenvalue weighted by atomic mass is 10.1. The maximum atomic E-state index is 5.70. The second-order valence-electron chi connectivity index (χ2n) is 4.28. The predicted molar refractivity (Wildman–Crippen MR) is 61.7 cm³/mol. The molecule has 1 aromatic heterocycles.